The van der Waals surface area contributed by atoms with Gasteiger partial charge < -0.3 is 0 Å². The Labute approximate surface area is 126 Å². The van der Waals surface area contributed by atoms with Crippen molar-refractivity contribution in [2.45, 2.75) is 17.8 Å². The van der Waals surface area contributed by atoms with Crippen LogP contribution in [0, 0.1) is 0 Å². The number of carbonyl (C=O) groups is 1. The number of halogens is 4. The molecule has 0 saturated carbocycles. The van der Waals surface area contributed by atoms with Gasteiger partial charge in [0.2, 0.25) is 15.9 Å². The number of hydrogen-bond donors (Lipinski definition) is 1. The molecule has 0 aromatic carbocycles. The number of aromatic nitrogens is 1. The zero-order valence-corrected chi connectivity index (χ0v) is 12.7. The lowest BCUT2D eigenvalue weighted by molar-refractivity contribution is -0.137. The number of pyridine rings is 1. The summed E-state index contributed by atoms with van der Waals surface area (Å²) in [5.74, 6) is -1.39. The highest BCUT2D eigenvalue weighted by atomic mass is 79.9. The molecule has 2 rings (SSSR count). The van der Waals surface area contributed by atoms with Crippen molar-refractivity contribution in [1.82, 2.24) is 4.98 Å². The summed E-state index contributed by atoms with van der Waals surface area (Å²) in [6.07, 6.45) is -4.10. The average molecular weight is 388 g/mol. The number of nitrogens with two attached hydrogens (primary N) is 1. The summed E-state index contributed by atoms with van der Waals surface area (Å²) < 4.78 is 61.6. The monoisotopic (exact) mass is 387 g/mol. The highest BCUT2D eigenvalue weighted by Gasteiger charge is 2.42. The van der Waals surface area contributed by atoms with E-state index in [1.54, 1.807) is 0 Å². The van der Waals surface area contributed by atoms with Crippen LogP contribution in [0.3, 0.4) is 0 Å². The number of sulfonamides is 1. The van der Waals surface area contributed by atoms with Crippen LogP contribution in [0.5, 0.6) is 0 Å². The van der Waals surface area contributed by atoms with Gasteiger partial charge in [0, 0.05) is 23.6 Å². The molecular formula is C10H9BrF3N3O3S. The Morgan fingerprint density at radius 2 is 2.05 bits per heavy atom. The number of amides is 1. The van der Waals surface area contributed by atoms with Gasteiger partial charge in [-0.3, -0.25) is 9.69 Å². The summed E-state index contributed by atoms with van der Waals surface area (Å²) in [5.41, 5.74) is -1.12. The molecule has 11 heteroatoms. The Morgan fingerprint density at radius 1 is 1.43 bits per heavy atom. The Hall–Kier alpha value is -1.20. The first kappa shape index (κ1) is 16.2. The van der Waals surface area contributed by atoms with E-state index in [-0.39, 0.29) is 4.47 Å². The summed E-state index contributed by atoms with van der Waals surface area (Å²) >= 11 is 2.87. The predicted molar refractivity (Wildman–Crippen MR) is 70.8 cm³/mol. The molecule has 0 spiro atoms. The van der Waals surface area contributed by atoms with Crippen molar-refractivity contribution < 1.29 is 26.4 Å². The second-order valence-corrected chi connectivity index (χ2v) is 7.20. The fourth-order valence-corrected chi connectivity index (χ4v) is 3.02. The molecule has 1 saturated heterocycles. The number of carbonyl (C=O) groups excluding carboxylic acids is 1. The van der Waals surface area contributed by atoms with Gasteiger partial charge in [-0.1, -0.05) is 0 Å². The number of anilines is 1. The predicted octanol–water partition coefficient (Wildman–Crippen LogP) is 1.26. The molecular weight excluding hydrogens is 379 g/mol. The molecule has 1 atom stereocenters. The lowest BCUT2D eigenvalue weighted by Gasteiger charge is -2.20. The van der Waals surface area contributed by atoms with Gasteiger partial charge in [-0.15, -0.1) is 0 Å². The molecule has 1 fully saturated rings. The van der Waals surface area contributed by atoms with Crippen molar-refractivity contribution in [2.75, 3.05) is 11.4 Å². The van der Waals surface area contributed by atoms with Gasteiger partial charge >= 0.3 is 6.18 Å². The molecule has 0 bridgehead atoms. The Bertz CT molecular complexity index is 693. The smallest absolute Gasteiger partial charge is 0.295 e. The van der Waals surface area contributed by atoms with Crippen LogP contribution in [0.4, 0.5) is 19.0 Å². The average Bonchev–Trinajstić information content (AvgIpc) is 2.70. The fourth-order valence-electron chi connectivity index (χ4n) is 1.96. The Balaban J connectivity index is 2.46. The van der Waals surface area contributed by atoms with E-state index in [4.69, 9.17) is 5.14 Å². The largest absolute Gasteiger partial charge is 0.420 e. The van der Waals surface area contributed by atoms with E-state index in [2.05, 4.69) is 20.9 Å². The maximum absolute atomic E-state index is 13.0. The van der Waals surface area contributed by atoms with E-state index < -0.39 is 51.7 Å². The Kier molecular flexibility index (Phi) is 4.02. The molecule has 1 aliphatic heterocycles. The lowest BCUT2D eigenvalue weighted by Crippen LogP contribution is -2.33. The number of hydrogen-bond acceptors (Lipinski definition) is 4. The molecule has 2 N–H and O–H groups in total. The SMILES string of the molecule is NS(=O)(=O)C1CC(=O)N(c2ncc(Br)cc2C(F)(F)F)C1. The van der Waals surface area contributed by atoms with E-state index in [1.807, 2.05) is 0 Å². The van der Waals surface area contributed by atoms with Crippen LogP contribution in [-0.4, -0.2) is 31.1 Å². The maximum Gasteiger partial charge on any atom is 0.420 e. The highest BCUT2D eigenvalue weighted by Crippen LogP contribution is 2.38. The molecule has 1 aromatic heterocycles. The van der Waals surface area contributed by atoms with E-state index in [9.17, 15) is 26.4 Å². The quantitative estimate of drug-likeness (QED) is 0.826. The van der Waals surface area contributed by atoms with Crippen LogP contribution < -0.4 is 10.0 Å². The summed E-state index contributed by atoms with van der Waals surface area (Å²) in [6.45, 7) is -0.449. The topological polar surface area (TPSA) is 93.4 Å². The molecule has 6 nitrogen and oxygen atoms in total. The Morgan fingerprint density at radius 3 is 2.52 bits per heavy atom. The second-order valence-electron chi connectivity index (χ2n) is 4.44. The van der Waals surface area contributed by atoms with Crippen molar-refractivity contribution in [2.24, 2.45) is 5.14 Å². The molecule has 1 unspecified atom stereocenters. The number of nitrogens with zero attached hydrogens (tertiary/aromatic N) is 2. The zero-order valence-electron chi connectivity index (χ0n) is 10.3. The van der Waals surface area contributed by atoms with Gasteiger partial charge in [-0.25, -0.2) is 18.5 Å². The molecule has 0 radical (unpaired) electrons. The third-order valence-electron chi connectivity index (χ3n) is 2.95. The van der Waals surface area contributed by atoms with Gasteiger partial charge in [0.05, 0.1) is 5.56 Å². The minimum absolute atomic E-state index is 0.0909. The molecule has 2 heterocycles. The van der Waals surface area contributed by atoms with E-state index in [1.165, 1.54) is 0 Å². The molecule has 116 valence electrons. The first-order valence-corrected chi connectivity index (χ1v) is 7.95. The number of alkyl halides is 3. The third kappa shape index (κ3) is 3.35. The summed E-state index contributed by atoms with van der Waals surface area (Å²) in [5, 5.41) is 3.70. The molecule has 21 heavy (non-hydrogen) atoms. The molecule has 1 amide bonds. The van der Waals surface area contributed by atoms with E-state index in [0.29, 0.717) is 4.90 Å². The van der Waals surface area contributed by atoms with Gasteiger partial charge in [-0.05, 0) is 22.0 Å². The van der Waals surface area contributed by atoms with Crippen molar-refractivity contribution in [3.05, 3.63) is 22.3 Å². The van der Waals surface area contributed by atoms with Crippen molar-refractivity contribution in [3.8, 4) is 0 Å². The van der Waals surface area contributed by atoms with E-state index in [0.717, 1.165) is 12.3 Å². The maximum atomic E-state index is 13.0. The highest BCUT2D eigenvalue weighted by molar-refractivity contribution is 9.10. The number of primary sulfonamides is 1. The normalized spacial score (nSPS) is 20.1. The van der Waals surface area contributed by atoms with Gasteiger partial charge in [0.1, 0.15) is 11.1 Å². The minimum atomic E-state index is -4.73. The van der Waals surface area contributed by atoms with Crippen LogP contribution in [-0.2, 0) is 21.0 Å². The van der Waals surface area contributed by atoms with Crippen LogP contribution >= 0.6 is 15.9 Å². The van der Waals surface area contributed by atoms with Gasteiger partial charge in [0.15, 0.2) is 0 Å². The molecule has 1 aliphatic rings. The zero-order chi connectivity index (χ0) is 16.0. The van der Waals surface area contributed by atoms with Gasteiger partial charge in [-0.2, -0.15) is 13.2 Å². The van der Waals surface area contributed by atoms with Crippen LogP contribution in [0.2, 0.25) is 0 Å². The molecule has 1 aromatic rings. The van der Waals surface area contributed by atoms with Crippen molar-refractivity contribution in [3.63, 3.8) is 0 Å². The van der Waals surface area contributed by atoms with Gasteiger partial charge in [0.25, 0.3) is 0 Å². The minimum Gasteiger partial charge on any atom is -0.295 e. The lowest BCUT2D eigenvalue weighted by atomic mass is 10.2. The first-order valence-electron chi connectivity index (χ1n) is 5.55. The number of rotatable bonds is 2. The summed E-state index contributed by atoms with van der Waals surface area (Å²) in [6, 6.07) is 0.778. The third-order valence-corrected chi connectivity index (χ3v) is 4.63. The van der Waals surface area contributed by atoms with Crippen LogP contribution in [0.25, 0.3) is 0 Å². The molecule has 0 aliphatic carbocycles. The van der Waals surface area contributed by atoms with Crippen molar-refractivity contribution >= 4 is 37.7 Å². The summed E-state index contributed by atoms with van der Waals surface area (Å²) in [4.78, 5) is 16.1. The first-order chi connectivity index (χ1) is 9.50. The summed E-state index contributed by atoms with van der Waals surface area (Å²) in [7, 11) is -4.01. The van der Waals surface area contributed by atoms with E-state index >= 15 is 0 Å². The fraction of sp³-hybridized carbons (Fsp3) is 0.400. The second kappa shape index (κ2) is 5.21. The van der Waals surface area contributed by atoms with Crippen LogP contribution in [0.1, 0.15) is 12.0 Å². The standard InChI is InChI=1S/C10H9BrF3N3O3S/c11-5-1-7(10(12,13)14)9(16-3-5)17-4-6(2-8(17)18)21(15,19)20/h1,3,6H,2,4H2,(H2,15,19,20). The van der Waals surface area contributed by atoms with Crippen LogP contribution in [0.15, 0.2) is 16.7 Å². The van der Waals surface area contributed by atoms with Crippen molar-refractivity contribution in [1.29, 1.82) is 0 Å².